The summed E-state index contributed by atoms with van der Waals surface area (Å²) in [5, 5.41) is 0. The highest BCUT2D eigenvalue weighted by Gasteiger charge is 2.33. The van der Waals surface area contributed by atoms with Crippen LogP contribution in [0.5, 0.6) is 11.5 Å². The van der Waals surface area contributed by atoms with E-state index in [-0.39, 0.29) is 5.56 Å². The summed E-state index contributed by atoms with van der Waals surface area (Å²) in [5.74, 6) is 0.745. The molecule has 1 aliphatic heterocycles. The van der Waals surface area contributed by atoms with Crippen molar-refractivity contribution in [2.45, 2.75) is 26.3 Å². The lowest BCUT2D eigenvalue weighted by atomic mass is 9.95. The molecule has 0 spiro atoms. The molecule has 0 N–H and O–H groups in total. The van der Waals surface area contributed by atoms with Gasteiger partial charge in [0, 0.05) is 0 Å². The van der Waals surface area contributed by atoms with Crippen LogP contribution in [0.25, 0.3) is 6.08 Å². The van der Waals surface area contributed by atoms with Gasteiger partial charge in [-0.2, -0.15) is 0 Å². The van der Waals surface area contributed by atoms with Crippen LogP contribution in [-0.2, 0) is 9.53 Å². The van der Waals surface area contributed by atoms with Crippen LogP contribution in [-0.4, -0.2) is 31.4 Å². The number of carbonyl (C=O) groups is 1. The third-order valence-electron chi connectivity index (χ3n) is 5.55. The van der Waals surface area contributed by atoms with Crippen molar-refractivity contribution in [3.63, 3.8) is 0 Å². The van der Waals surface area contributed by atoms with Crippen molar-refractivity contribution in [3.8, 4) is 11.5 Å². The molecule has 1 aliphatic rings. The number of thiazole rings is 1. The van der Waals surface area contributed by atoms with E-state index in [1.165, 1.54) is 18.4 Å². The molecule has 3 aromatic rings. The highest BCUT2D eigenvalue weighted by Crippen LogP contribution is 2.32. The Balaban J connectivity index is 1.93. The number of nitrogens with zero attached hydrogens (tertiary/aromatic N) is 2. The summed E-state index contributed by atoms with van der Waals surface area (Å²) in [6.45, 7) is 4.37. The minimum Gasteiger partial charge on any atom is -0.493 e. The smallest absolute Gasteiger partial charge is 0.338 e. The summed E-state index contributed by atoms with van der Waals surface area (Å²) in [6, 6.07) is 14.4. The van der Waals surface area contributed by atoms with Gasteiger partial charge in [0.15, 0.2) is 16.3 Å². The standard InChI is InChI=1S/C26H26N2O5S/c1-5-18-22(25(30)32-4)23(17-10-8-7-9-11-17)28-24(29)21(34-26(28)27-18)15-16-12-13-19(33-6-2)20(14-16)31-3/h7-15,23H,5-6H2,1-4H3/b21-15-/t23-/m1/s1. The highest BCUT2D eigenvalue weighted by molar-refractivity contribution is 7.07. The third-order valence-corrected chi connectivity index (χ3v) is 6.53. The fourth-order valence-electron chi connectivity index (χ4n) is 4.01. The number of ether oxygens (including phenoxy) is 3. The quantitative estimate of drug-likeness (QED) is 0.488. The van der Waals surface area contributed by atoms with Gasteiger partial charge in [-0.3, -0.25) is 9.36 Å². The molecule has 0 amide bonds. The fourth-order valence-corrected chi connectivity index (χ4v) is 5.03. The molecule has 0 fully saturated rings. The molecule has 0 bridgehead atoms. The number of esters is 1. The van der Waals surface area contributed by atoms with Gasteiger partial charge >= 0.3 is 5.97 Å². The lowest BCUT2D eigenvalue weighted by Gasteiger charge is -2.25. The van der Waals surface area contributed by atoms with Gasteiger partial charge in [0.1, 0.15) is 0 Å². The molecule has 7 nitrogen and oxygen atoms in total. The Bertz CT molecular complexity index is 1420. The zero-order valence-corrected chi connectivity index (χ0v) is 20.3. The first-order chi connectivity index (χ1) is 16.5. The number of allylic oxidation sites excluding steroid dienone is 1. The lowest BCUT2D eigenvalue weighted by Crippen LogP contribution is -2.40. The Morgan fingerprint density at radius 3 is 2.53 bits per heavy atom. The average molecular weight is 479 g/mol. The zero-order chi connectivity index (χ0) is 24.2. The minimum atomic E-state index is -0.614. The third kappa shape index (κ3) is 4.28. The van der Waals surface area contributed by atoms with Crippen LogP contribution in [0.15, 0.2) is 69.6 Å². The molecule has 0 aliphatic carbocycles. The van der Waals surface area contributed by atoms with Gasteiger partial charge in [0.2, 0.25) is 0 Å². The van der Waals surface area contributed by atoms with Crippen LogP contribution >= 0.6 is 11.3 Å². The van der Waals surface area contributed by atoms with E-state index < -0.39 is 12.0 Å². The monoisotopic (exact) mass is 478 g/mol. The van der Waals surface area contributed by atoms with Crippen molar-refractivity contribution in [3.05, 3.63) is 90.6 Å². The van der Waals surface area contributed by atoms with Gasteiger partial charge in [0.05, 0.1) is 42.7 Å². The number of rotatable bonds is 7. The van der Waals surface area contributed by atoms with Gasteiger partial charge in [-0.25, -0.2) is 9.79 Å². The summed E-state index contributed by atoms with van der Waals surface area (Å²) in [6.07, 6.45) is 2.34. The maximum Gasteiger partial charge on any atom is 0.338 e. The van der Waals surface area contributed by atoms with E-state index in [0.717, 1.165) is 11.1 Å². The average Bonchev–Trinajstić information content (AvgIpc) is 3.18. The van der Waals surface area contributed by atoms with Crippen molar-refractivity contribution in [2.75, 3.05) is 20.8 Å². The number of carbonyl (C=O) groups excluding carboxylic acids is 1. The lowest BCUT2D eigenvalue weighted by molar-refractivity contribution is -0.136. The van der Waals surface area contributed by atoms with E-state index in [9.17, 15) is 9.59 Å². The van der Waals surface area contributed by atoms with Crippen LogP contribution in [0.2, 0.25) is 0 Å². The number of fused-ring (bicyclic) bond motifs is 1. The molecule has 4 rings (SSSR count). The van der Waals surface area contributed by atoms with Crippen LogP contribution in [0.1, 0.15) is 37.4 Å². The highest BCUT2D eigenvalue weighted by atomic mass is 32.1. The first-order valence-corrected chi connectivity index (χ1v) is 11.8. The molecule has 2 heterocycles. The first-order valence-electron chi connectivity index (χ1n) is 11.0. The topological polar surface area (TPSA) is 79.1 Å². The summed E-state index contributed by atoms with van der Waals surface area (Å²) in [5.41, 5.74) is 2.40. The Morgan fingerprint density at radius 1 is 1.12 bits per heavy atom. The first kappa shape index (κ1) is 23.5. The second-order valence-electron chi connectivity index (χ2n) is 7.54. The van der Waals surface area contributed by atoms with E-state index in [2.05, 4.69) is 4.99 Å². The van der Waals surface area contributed by atoms with Gasteiger partial charge in [-0.05, 0) is 42.7 Å². The summed E-state index contributed by atoms with van der Waals surface area (Å²) in [7, 11) is 2.92. The minimum absolute atomic E-state index is 0.220. The molecule has 0 saturated carbocycles. The predicted octanol–water partition coefficient (Wildman–Crippen LogP) is 3.21. The molecule has 176 valence electrons. The van der Waals surface area contributed by atoms with Crippen molar-refractivity contribution in [1.29, 1.82) is 0 Å². The number of benzene rings is 2. The summed E-state index contributed by atoms with van der Waals surface area (Å²) < 4.78 is 18.2. The van der Waals surface area contributed by atoms with Gasteiger partial charge in [-0.1, -0.05) is 54.7 Å². The predicted molar refractivity (Wildman–Crippen MR) is 131 cm³/mol. The molecular formula is C26H26N2O5S. The second-order valence-corrected chi connectivity index (χ2v) is 8.55. The zero-order valence-electron chi connectivity index (χ0n) is 19.5. The number of hydrogen-bond acceptors (Lipinski definition) is 7. The van der Waals surface area contributed by atoms with Gasteiger partial charge in [-0.15, -0.1) is 0 Å². The largest absolute Gasteiger partial charge is 0.493 e. The van der Waals surface area contributed by atoms with E-state index in [1.807, 2.05) is 62.4 Å². The molecular weight excluding hydrogens is 452 g/mol. The Labute approximate surface area is 201 Å². The number of hydrogen-bond donors (Lipinski definition) is 0. The summed E-state index contributed by atoms with van der Waals surface area (Å²) in [4.78, 5) is 31.7. The molecule has 1 atom stereocenters. The second kappa shape index (κ2) is 10.1. The normalized spacial score (nSPS) is 15.5. The Hall–Kier alpha value is -3.65. The SMILES string of the molecule is CCOc1ccc(/C=c2\sc3n(c2=O)[C@H](c2ccccc2)C(C(=O)OC)=C(CC)N=3)cc1OC. The van der Waals surface area contributed by atoms with Crippen LogP contribution in [0.3, 0.4) is 0 Å². The molecule has 2 aromatic carbocycles. The Morgan fingerprint density at radius 2 is 1.88 bits per heavy atom. The van der Waals surface area contributed by atoms with E-state index >= 15 is 0 Å². The molecule has 8 heteroatoms. The molecule has 34 heavy (non-hydrogen) atoms. The fraction of sp³-hybridized carbons (Fsp3) is 0.269. The van der Waals surface area contributed by atoms with E-state index in [0.29, 0.717) is 45.1 Å². The van der Waals surface area contributed by atoms with Crippen LogP contribution in [0.4, 0.5) is 0 Å². The molecule has 0 radical (unpaired) electrons. The maximum absolute atomic E-state index is 13.6. The van der Waals surface area contributed by atoms with Gasteiger partial charge in [0.25, 0.3) is 5.56 Å². The van der Waals surface area contributed by atoms with Crippen LogP contribution in [0, 0.1) is 0 Å². The van der Waals surface area contributed by atoms with Crippen molar-refractivity contribution in [2.24, 2.45) is 4.99 Å². The molecule has 1 aromatic heterocycles. The van der Waals surface area contributed by atoms with E-state index in [4.69, 9.17) is 14.2 Å². The van der Waals surface area contributed by atoms with Crippen molar-refractivity contribution in [1.82, 2.24) is 4.57 Å². The maximum atomic E-state index is 13.6. The van der Waals surface area contributed by atoms with E-state index in [1.54, 1.807) is 17.8 Å². The number of aromatic nitrogens is 1. The summed E-state index contributed by atoms with van der Waals surface area (Å²) >= 11 is 1.29. The van der Waals surface area contributed by atoms with Gasteiger partial charge < -0.3 is 14.2 Å². The molecule has 0 saturated heterocycles. The molecule has 0 unspecified atom stereocenters. The number of methoxy groups -OCH3 is 2. The van der Waals surface area contributed by atoms with Crippen molar-refractivity contribution < 1.29 is 19.0 Å². The van der Waals surface area contributed by atoms with Crippen molar-refractivity contribution >= 4 is 23.4 Å². The Kier molecular flexibility index (Phi) is 6.98. The van der Waals surface area contributed by atoms with Crippen LogP contribution < -0.4 is 24.4 Å².